The Labute approximate surface area is 144 Å². The molecule has 0 bridgehead atoms. The summed E-state index contributed by atoms with van der Waals surface area (Å²) in [5.41, 5.74) is 0.925. The van der Waals surface area contributed by atoms with Gasteiger partial charge < -0.3 is 14.8 Å². The van der Waals surface area contributed by atoms with E-state index in [0.29, 0.717) is 26.2 Å². The summed E-state index contributed by atoms with van der Waals surface area (Å²) in [5, 5.41) is 15.6. The molecule has 132 valence electrons. The number of β-amino-alcohol motifs (C(OH)–C–C–N with tert-alkyl or cyclic N) is 1. The van der Waals surface area contributed by atoms with Crippen molar-refractivity contribution in [3.63, 3.8) is 0 Å². The van der Waals surface area contributed by atoms with E-state index >= 15 is 0 Å². The maximum Gasteiger partial charge on any atom is 0.345 e. The van der Waals surface area contributed by atoms with Gasteiger partial charge in [-0.3, -0.25) is 9.47 Å². The second kappa shape index (κ2) is 6.38. The molecule has 0 amide bonds. The highest BCUT2D eigenvalue weighted by atomic mass is 16.5. The molecule has 8 heteroatoms. The van der Waals surface area contributed by atoms with Crippen LogP contribution < -0.4 is 10.4 Å². The Morgan fingerprint density at radius 1 is 1.36 bits per heavy atom. The smallest absolute Gasteiger partial charge is 0.345 e. The first kappa shape index (κ1) is 15.9. The van der Waals surface area contributed by atoms with Crippen LogP contribution in [0.5, 0.6) is 5.75 Å². The number of aromatic amines is 1. The van der Waals surface area contributed by atoms with E-state index in [1.54, 1.807) is 11.6 Å². The van der Waals surface area contributed by atoms with Gasteiger partial charge in [-0.05, 0) is 18.2 Å². The Morgan fingerprint density at radius 2 is 2.24 bits per heavy atom. The number of aromatic nitrogens is 4. The fourth-order valence-electron chi connectivity index (χ4n) is 3.29. The molecule has 1 atom stereocenters. The van der Waals surface area contributed by atoms with Crippen LogP contribution in [0.25, 0.3) is 10.9 Å². The van der Waals surface area contributed by atoms with Crippen LogP contribution in [0.3, 0.4) is 0 Å². The Morgan fingerprint density at radius 3 is 3.12 bits per heavy atom. The number of nitrogens with zero attached hydrogens (tertiary/aromatic N) is 4. The number of nitrogens with one attached hydrogen (secondary N) is 1. The molecule has 25 heavy (non-hydrogen) atoms. The van der Waals surface area contributed by atoms with Crippen LogP contribution in [0.4, 0.5) is 0 Å². The number of fused-ring (bicyclic) bond motifs is 2. The summed E-state index contributed by atoms with van der Waals surface area (Å²) in [7, 11) is 1.66. The molecule has 1 aliphatic heterocycles. The maximum atomic E-state index is 11.9. The summed E-state index contributed by atoms with van der Waals surface area (Å²) < 4.78 is 8.85. The molecule has 1 unspecified atom stereocenters. The molecule has 0 saturated carbocycles. The van der Waals surface area contributed by atoms with Crippen molar-refractivity contribution >= 4 is 10.9 Å². The van der Waals surface area contributed by atoms with Gasteiger partial charge in [0.25, 0.3) is 0 Å². The van der Waals surface area contributed by atoms with Gasteiger partial charge in [0.2, 0.25) is 0 Å². The standard InChI is InChI=1S/C17H21N5O3/c1-20-17(24)22-8-7-21(10-16(22)19-20)9-12(23)11-25-15-4-2-3-14-13(15)5-6-18-14/h2-6,12,18,23H,7-11H2,1H3. The van der Waals surface area contributed by atoms with Crippen LogP contribution >= 0.6 is 0 Å². The number of rotatable bonds is 5. The third-order valence-corrected chi connectivity index (χ3v) is 4.54. The number of benzene rings is 1. The molecule has 3 heterocycles. The SMILES string of the molecule is Cn1nc2n(c1=O)CCN(CC(O)COc1cccc3[nH]ccc13)C2. The van der Waals surface area contributed by atoms with E-state index in [9.17, 15) is 9.90 Å². The lowest BCUT2D eigenvalue weighted by atomic mass is 10.2. The van der Waals surface area contributed by atoms with Crippen LogP contribution in [0.2, 0.25) is 0 Å². The maximum absolute atomic E-state index is 11.9. The highest BCUT2D eigenvalue weighted by molar-refractivity contribution is 5.85. The number of hydrogen-bond donors (Lipinski definition) is 2. The normalized spacial score (nSPS) is 16.1. The predicted molar refractivity (Wildman–Crippen MR) is 92.5 cm³/mol. The van der Waals surface area contributed by atoms with Gasteiger partial charge in [-0.2, -0.15) is 5.10 Å². The Bertz CT molecular complexity index is 941. The van der Waals surface area contributed by atoms with Crippen LogP contribution in [-0.2, 0) is 20.1 Å². The average molecular weight is 343 g/mol. The van der Waals surface area contributed by atoms with Crippen molar-refractivity contribution in [2.24, 2.45) is 7.05 Å². The quantitative estimate of drug-likeness (QED) is 0.696. The van der Waals surface area contributed by atoms with E-state index < -0.39 is 6.10 Å². The van der Waals surface area contributed by atoms with Gasteiger partial charge in [0, 0.05) is 43.8 Å². The number of hydrogen-bond acceptors (Lipinski definition) is 5. The summed E-state index contributed by atoms with van der Waals surface area (Å²) >= 11 is 0. The van der Waals surface area contributed by atoms with Crippen LogP contribution in [0.1, 0.15) is 5.82 Å². The second-order valence-electron chi connectivity index (χ2n) is 6.37. The van der Waals surface area contributed by atoms with Crippen molar-refractivity contribution in [1.29, 1.82) is 0 Å². The second-order valence-corrected chi connectivity index (χ2v) is 6.37. The van der Waals surface area contributed by atoms with E-state index in [1.807, 2.05) is 30.5 Å². The molecule has 0 saturated heterocycles. The van der Waals surface area contributed by atoms with E-state index in [0.717, 1.165) is 22.5 Å². The monoisotopic (exact) mass is 343 g/mol. The summed E-state index contributed by atoms with van der Waals surface area (Å²) in [6.07, 6.45) is 1.25. The van der Waals surface area contributed by atoms with Crippen molar-refractivity contribution in [1.82, 2.24) is 24.2 Å². The van der Waals surface area contributed by atoms with Gasteiger partial charge >= 0.3 is 5.69 Å². The molecule has 0 spiro atoms. The van der Waals surface area contributed by atoms with Crippen molar-refractivity contribution in [2.75, 3.05) is 19.7 Å². The predicted octanol–water partition coefficient (Wildman–Crippen LogP) is 0.319. The lowest BCUT2D eigenvalue weighted by Crippen LogP contribution is -2.42. The minimum Gasteiger partial charge on any atom is -0.490 e. The summed E-state index contributed by atoms with van der Waals surface area (Å²) in [4.78, 5) is 17.1. The number of ether oxygens (including phenoxy) is 1. The molecular weight excluding hydrogens is 322 g/mol. The minimum atomic E-state index is -0.615. The van der Waals surface area contributed by atoms with Gasteiger partial charge in [0.1, 0.15) is 24.3 Å². The first-order valence-electron chi connectivity index (χ1n) is 8.34. The van der Waals surface area contributed by atoms with Crippen LogP contribution in [0.15, 0.2) is 35.3 Å². The first-order valence-corrected chi connectivity index (χ1v) is 8.34. The van der Waals surface area contributed by atoms with Gasteiger partial charge in [0.15, 0.2) is 0 Å². The van der Waals surface area contributed by atoms with Gasteiger partial charge in [-0.1, -0.05) is 6.07 Å². The van der Waals surface area contributed by atoms with Crippen molar-refractivity contribution in [2.45, 2.75) is 19.2 Å². The van der Waals surface area contributed by atoms with Gasteiger partial charge in [0.05, 0.1) is 6.54 Å². The Balaban J connectivity index is 1.36. The Hall–Kier alpha value is -2.58. The summed E-state index contributed by atoms with van der Waals surface area (Å²) in [6.45, 7) is 2.56. The fourth-order valence-corrected chi connectivity index (χ4v) is 3.29. The third-order valence-electron chi connectivity index (χ3n) is 4.54. The van der Waals surface area contributed by atoms with E-state index in [2.05, 4.69) is 15.0 Å². The molecule has 0 aliphatic carbocycles. The molecule has 3 aromatic rings. The molecule has 2 N–H and O–H groups in total. The molecule has 1 aromatic carbocycles. The topological polar surface area (TPSA) is 88.3 Å². The molecule has 0 fully saturated rings. The van der Waals surface area contributed by atoms with Gasteiger partial charge in [-0.25, -0.2) is 9.48 Å². The van der Waals surface area contributed by atoms with Crippen molar-refractivity contribution < 1.29 is 9.84 Å². The average Bonchev–Trinajstić information content (AvgIpc) is 3.18. The van der Waals surface area contributed by atoms with E-state index in [1.165, 1.54) is 4.68 Å². The molecule has 0 radical (unpaired) electrons. The Kier molecular flexibility index (Phi) is 4.06. The van der Waals surface area contributed by atoms with Gasteiger partial charge in [-0.15, -0.1) is 0 Å². The zero-order chi connectivity index (χ0) is 17.4. The lowest BCUT2D eigenvalue weighted by molar-refractivity contribution is 0.0586. The molecule has 1 aliphatic rings. The first-order chi connectivity index (χ1) is 12.1. The van der Waals surface area contributed by atoms with E-state index in [-0.39, 0.29) is 12.3 Å². The largest absolute Gasteiger partial charge is 0.490 e. The number of aliphatic hydroxyl groups excluding tert-OH is 1. The van der Waals surface area contributed by atoms with Crippen LogP contribution in [0, 0.1) is 0 Å². The molecular formula is C17H21N5O3. The van der Waals surface area contributed by atoms with Crippen molar-refractivity contribution in [3.05, 3.63) is 46.8 Å². The fraction of sp³-hybridized carbons (Fsp3) is 0.412. The number of H-pyrrole nitrogens is 1. The number of aliphatic hydroxyl groups is 1. The molecule has 2 aromatic heterocycles. The number of aryl methyl sites for hydroxylation is 1. The molecule has 8 nitrogen and oxygen atoms in total. The minimum absolute atomic E-state index is 0.0851. The third kappa shape index (κ3) is 3.06. The summed E-state index contributed by atoms with van der Waals surface area (Å²) in [5.74, 6) is 1.50. The summed E-state index contributed by atoms with van der Waals surface area (Å²) in [6, 6.07) is 7.77. The zero-order valence-corrected chi connectivity index (χ0v) is 14.1. The zero-order valence-electron chi connectivity index (χ0n) is 14.1. The van der Waals surface area contributed by atoms with Crippen molar-refractivity contribution in [3.8, 4) is 5.75 Å². The lowest BCUT2D eigenvalue weighted by Gasteiger charge is -2.28. The van der Waals surface area contributed by atoms with Crippen LogP contribution in [-0.4, -0.2) is 55.1 Å². The van der Waals surface area contributed by atoms with E-state index in [4.69, 9.17) is 4.74 Å². The highest BCUT2D eigenvalue weighted by Gasteiger charge is 2.22. The highest BCUT2D eigenvalue weighted by Crippen LogP contribution is 2.24. The molecule has 4 rings (SSSR count).